The predicted molar refractivity (Wildman–Crippen MR) is 111 cm³/mol. The molecular formula is C20H24N6O3. The molecule has 152 valence electrons. The molecule has 2 heterocycles. The van der Waals surface area contributed by atoms with Crippen molar-refractivity contribution in [2.75, 3.05) is 17.2 Å². The van der Waals surface area contributed by atoms with E-state index in [1.54, 1.807) is 42.6 Å². The van der Waals surface area contributed by atoms with Gasteiger partial charge in [-0.1, -0.05) is 19.9 Å². The first kappa shape index (κ1) is 20.1. The zero-order valence-electron chi connectivity index (χ0n) is 16.4. The minimum absolute atomic E-state index is 0.0619. The van der Waals surface area contributed by atoms with Crippen LogP contribution in [0.5, 0.6) is 0 Å². The van der Waals surface area contributed by atoms with Crippen LogP contribution in [0.1, 0.15) is 20.3 Å². The zero-order chi connectivity index (χ0) is 20.8. The van der Waals surface area contributed by atoms with Crippen molar-refractivity contribution < 1.29 is 9.59 Å². The van der Waals surface area contributed by atoms with Gasteiger partial charge in [-0.2, -0.15) is 0 Å². The molecule has 9 heteroatoms. The number of carbonyl (C=O) groups excluding carboxylic acids is 2. The summed E-state index contributed by atoms with van der Waals surface area (Å²) in [5.74, 6) is -0.164. The molecule has 0 aliphatic carbocycles. The molecule has 0 fully saturated rings. The summed E-state index contributed by atoms with van der Waals surface area (Å²) in [5.41, 5.74) is 1.68. The first-order chi connectivity index (χ1) is 13.9. The van der Waals surface area contributed by atoms with E-state index < -0.39 is 0 Å². The van der Waals surface area contributed by atoms with Crippen LogP contribution in [-0.4, -0.2) is 32.7 Å². The molecule has 3 aromatic rings. The van der Waals surface area contributed by atoms with E-state index >= 15 is 0 Å². The second kappa shape index (κ2) is 9.05. The number of carbonyl (C=O) groups is 2. The van der Waals surface area contributed by atoms with E-state index in [1.165, 1.54) is 9.08 Å². The molecule has 1 aromatic carbocycles. The molecule has 0 bridgehead atoms. The fourth-order valence-corrected chi connectivity index (χ4v) is 2.64. The van der Waals surface area contributed by atoms with Gasteiger partial charge in [-0.15, -0.1) is 5.10 Å². The Morgan fingerprint density at radius 3 is 2.38 bits per heavy atom. The van der Waals surface area contributed by atoms with Gasteiger partial charge >= 0.3 is 11.7 Å². The number of nitrogens with one attached hydrogen (secondary N) is 3. The van der Waals surface area contributed by atoms with Crippen LogP contribution >= 0.6 is 0 Å². The Bertz CT molecular complexity index is 1050. The SMILES string of the molecule is CC(C)C(=O)Nc1ccc(NC(=O)NCCCn2nc3ccccn3c2=O)cc1. The third-order valence-corrected chi connectivity index (χ3v) is 4.26. The summed E-state index contributed by atoms with van der Waals surface area (Å²) in [6.07, 6.45) is 2.24. The van der Waals surface area contributed by atoms with E-state index in [2.05, 4.69) is 21.0 Å². The Morgan fingerprint density at radius 1 is 1.03 bits per heavy atom. The van der Waals surface area contributed by atoms with Gasteiger partial charge in [0.1, 0.15) is 0 Å². The number of pyridine rings is 1. The van der Waals surface area contributed by atoms with Crippen LogP contribution in [0, 0.1) is 5.92 Å². The summed E-state index contributed by atoms with van der Waals surface area (Å²) in [7, 11) is 0. The molecule has 9 nitrogen and oxygen atoms in total. The maximum Gasteiger partial charge on any atom is 0.350 e. The fourth-order valence-electron chi connectivity index (χ4n) is 2.64. The van der Waals surface area contributed by atoms with Gasteiger partial charge in [0.25, 0.3) is 0 Å². The standard InChI is InChI=1S/C20H24N6O3/c1-14(2)18(27)22-15-7-9-16(10-8-15)23-19(28)21-11-5-13-26-20(29)25-12-4-3-6-17(25)24-26/h3-4,6-10,12,14H,5,11,13H2,1-2H3,(H,22,27)(H2,21,23,28). The van der Waals surface area contributed by atoms with E-state index in [4.69, 9.17) is 0 Å². The summed E-state index contributed by atoms with van der Waals surface area (Å²) in [5, 5.41) is 12.5. The number of hydrogen-bond donors (Lipinski definition) is 3. The van der Waals surface area contributed by atoms with Crippen LogP contribution in [0.15, 0.2) is 53.5 Å². The van der Waals surface area contributed by atoms with Gasteiger partial charge in [0, 0.05) is 36.6 Å². The third kappa shape index (κ3) is 5.22. The first-order valence-electron chi connectivity index (χ1n) is 9.44. The van der Waals surface area contributed by atoms with Gasteiger partial charge < -0.3 is 16.0 Å². The second-order valence-corrected chi connectivity index (χ2v) is 6.89. The normalized spacial score (nSPS) is 10.9. The lowest BCUT2D eigenvalue weighted by Crippen LogP contribution is -2.31. The average molecular weight is 396 g/mol. The number of aromatic nitrogens is 3. The number of hydrogen-bond acceptors (Lipinski definition) is 4. The number of amides is 3. The highest BCUT2D eigenvalue weighted by atomic mass is 16.2. The van der Waals surface area contributed by atoms with Crippen molar-refractivity contribution in [2.24, 2.45) is 5.92 Å². The van der Waals surface area contributed by atoms with E-state index in [9.17, 15) is 14.4 Å². The van der Waals surface area contributed by atoms with Crippen molar-refractivity contribution in [3.63, 3.8) is 0 Å². The molecule has 2 aromatic heterocycles. The zero-order valence-corrected chi connectivity index (χ0v) is 16.4. The lowest BCUT2D eigenvalue weighted by molar-refractivity contribution is -0.118. The summed E-state index contributed by atoms with van der Waals surface area (Å²) in [6.45, 7) is 4.45. The van der Waals surface area contributed by atoms with E-state index in [-0.39, 0.29) is 23.5 Å². The molecule has 29 heavy (non-hydrogen) atoms. The highest BCUT2D eigenvalue weighted by Crippen LogP contribution is 2.14. The van der Waals surface area contributed by atoms with E-state index in [0.29, 0.717) is 36.5 Å². The molecule has 0 aliphatic rings. The third-order valence-electron chi connectivity index (χ3n) is 4.26. The Hall–Kier alpha value is -3.62. The van der Waals surface area contributed by atoms with Crippen LogP contribution in [0.4, 0.5) is 16.2 Å². The van der Waals surface area contributed by atoms with Crippen LogP contribution in [-0.2, 0) is 11.3 Å². The van der Waals surface area contributed by atoms with Gasteiger partial charge in [-0.3, -0.25) is 9.20 Å². The number of benzene rings is 1. The molecule has 3 N–H and O–H groups in total. The first-order valence-corrected chi connectivity index (χ1v) is 9.44. The van der Waals surface area contributed by atoms with Crippen molar-refractivity contribution in [1.29, 1.82) is 0 Å². The molecule has 3 rings (SSSR count). The molecule has 0 atom stereocenters. The summed E-state index contributed by atoms with van der Waals surface area (Å²) < 4.78 is 2.87. The molecular weight excluding hydrogens is 372 g/mol. The largest absolute Gasteiger partial charge is 0.350 e. The van der Waals surface area contributed by atoms with Crippen molar-refractivity contribution in [2.45, 2.75) is 26.8 Å². The number of nitrogens with zero attached hydrogens (tertiary/aromatic N) is 3. The second-order valence-electron chi connectivity index (χ2n) is 6.89. The topological polar surface area (TPSA) is 110 Å². The van der Waals surface area contributed by atoms with Crippen molar-refractivity contribution >= 4 is 29.0 Å². The number of anilines is 2. The van der Waals surface area contributed by atoms with Crippen LogP contribution in [0.3, 0.4) is 0 Å². The Labute approximate surface area is 167 Å². The number of urea groups is 1. The fraction of sp³-hybridized carbons (Fsp3) is 0.300. The quantitative estimate of drug-likeness (QED) is 0.532. The minimum Gasteiger partial charge on any atom is -0.338 e. The predicted octanol–water partition coefficient (Wildman–Crippen LogP) is 2.30. The monoisotopic (exact) mass is 396 g/mol. The highest BCUT2D eigenvalue weighted by molar-refractivity contribution is 5.93. The van der Waals surface area contributed by atoms with Gasteiger partial charge in [-0.05, 0) is 42.8 Å². The Morgan fingerprint density at radius 2 is 1.72 bits per heavy atom. The Kier molecular flexibility index (Phi) is 6.28. The van der Waals surface area contributed by atoms with Gasteiger partial charge in [0.15, 0.2) is 5.65 Å². The lowest BCUT2D eigenvalue weighted by atomic mass is 10.2. The van der Waals surface area contributed by atoms with E-state index in [0.717, 1.165) is 0 Å². The smallest absolute Gasteiger partial charge is 0.338 e. The van der Waals surface area contributed by atoms with E-state index in [1.807, 2.05) is 19.9 Å². The van der Waals surface area contributed by atoms with Crippen LogP contribution in [0.2, 0.25) is 0 Å². The van der Waals surface area contributed by atoms with Gasteiger partial charge in [0.05, 0.1) is 0 Å². The summed E-state index contributed by atoms with van der Waals surface area (Å²) in [6, 6.07) is 11.9. The van der Waals surface area contributed by atoms with Crippen LogP contribution in [0.25, 0.3) is 5.65 Å². The average Bonchev–Trinajstić information content (AvgIpc) is 3.02. The number of fused-ring (bicyclic) bond motifs is 1. The highest BCUT2D eigenvalue weighted by Gasteiger charge is 2.08. The number of aryl methyl sites for hydroxylation is 1. The maximum absolute atomic E-state index is 12.2. The summed E-state index contributed by atoms with van der Waals surface area (Å²) >= 11 is 0. The molecule has 0 unspecified atom stereocenters. The van der Waals surface area contributed by atoms with Crippen molar-refractivity contribution in [1.82, 2.24) is 19.5 Å². The van der Waals surface area contributed by atoms with Crippen molar-refractivity contribution in [3.8, 4) is 0 Å². The molecule has 3 amide bonds. The minimum atomic E-state index is -0.341. The Balaban J connectivity index is 1.43. The van der Waals surface area contributed by atoms with Gasteiger partial charge in [0.2, 0.25) is 5.91 Å². The van der Waals surface area contributed by atoms with Crippen LogP contribution < -0.4 is 21.6 Å². The molecule has 0 saturated heterocycles. The lowest BCUT2D eigenvalue weighted by Gasteiger charge is -2.10. The molecule has 0 spiro atoms. The molecule has 0 aliphatic heterocycles. The molecule has 0 radical (unpaired) electrons. The van der Waals surface area contributed by atoms with Crippen molar-refractivity contribution in [3.05, 3.63) is 59.1 Å². The van der Waals surface area contributed by atoms with Gasteiger partial charge in [-0.25, -0.2) is 14.3 Å². The number of rotatable bonds is 7. The molecule has 0 saturated carbocycles. The maximum atomic E-state index is 12.2. The summed E-state index contributed by atoms with van der Waals surface area (Å²) in [4.78, 5) is 35.8.